The molecule has 1 aromatic heterocycles. The summed E-state index contributed by atoms with van der Waals surface area (Å²) in [6.45, 7) is 4.75. The molecule has 0 spiro atoms. The molecule has 2 rings (SSSR count). The predicted octanol–water partition coefficient (Wildman–Crippen LogP) is 0.747. The summed E-state index contributed by atoms with van der Waals surface area (Å²) < 4.78 is 5.17. The number of thiazole rings is 1. The first-order chi connectivity index (χ1) is 8.01. The Morgan fingerprint density at radius 1 is 1.76 bits per heavy atom. The summed E-state index contributed by atoms with van der Waals surface area (Å²) in [5.74, 6) is -0.157. The van der Waals surface area contributed by atoms with Gasteiger partial charge in [-0.1, -0.05) is 0 Å². The molecule has 0 bridgehead atoms. The summed E-state index contributed by atoms with van der Waals surface area (Å²) in [5, 5.41) is 3.80. The standard InChI is InChI=1S/C11H17N3O2S/c1-7-5-13-9(17-7)8(2)14-10(15)11(12)3-4-16-6-11/h5,8H,3-4,6,12H2,1-2H3,(H,14,15). The zero-order valence-corrected chi connectivity index (χ0v) is 10.8. The van der Waals surface area contributed by atoms with Gasteiger partial charge in [0.1, 0.15) is 10.5 Å². The Balaban J connectivity index is 1.99. The molecule has 1 aliphatic rings. The number of aryl methyl sites for hydroxylation is 1. The molecule has 3 N–H and O–H groups in total. The Hall–Kier alpha value is -0.980. The second-order valence-corrected chi connectivity index (χ2v) is 5.73. The number of carbonyl (C=O) groups is 1. The smallest absolute Gasteiger partial charge is 0.243 e. The van der Waals surface area contributed by atoms with Gasteiger partial charge in [0, 0.05) is 17.7 Å². The van der Waals surface area contributed by atoms with E-state index in [-0.39, 0.29) is 11.9 Å². The number of aromatic nitrogens is 1. The number of nitrogens with zero attached hydrogens (tertiary/aromatic N) is 1. The molecular weight excluding hydrogens is 238 g/mol. The SMILES string of the molecule is Cc1cnc(C(C)NC(=O)C2(N)CCOC2)s1. The lowest BCUT2D eigenvalue weighted by molar-refractivity contribution is -0.127. The van der Waals surface area contributed by atoms with Crippen LogP contribution in [0.15, 0.2) is 6.20 Å². The van der Waals surface area contributed by atoms with E-state index in [1.165, 1.54) is 0 Å². The van der Waals surface area contributed by atoms with E-state index in [4.69, 9.17) is 10.5 Å². The number of rotatable bonds is 3. The van der Waals surface area contributed by atoms with Gasteiger partial charge in [0.2, 0.25) is 5.91 Å². The normalized spacial score (nSPS) is 25.8. The quantitative estimate of drug-likeness (QED) is 0.835. The number of nitrogens with one attached hydrogen (secondary N) is 1. The largest absolute Gasteiger partial charge is 0.379 e. The Morgan fingerprint density at radius 2 is 2.53 bits per heavy atom. The van der Waals surface area contributed by atoms with Gasteiger partial charge < -0.3 is 15.8 Å². The second-order valence-electron chi connectivity index (χ2n) is 4.46. The zero-order chi connectivity index (χ0) is 12.5. The number of hydrogen-bond acceptors (Lipinski definition) is 5. The molecule has 1 fully saturated rings. The highest BCUT2D eigenvalue weighted by atomic mass is 32.1. The minimum absolute atomic E-state index is 0.109. The number of hydrogen-bond donors (Lipinski definition) is 2. The van der Waals surface area contributed by atoms with Gasteiger partial charge in [-0.15, -0.1) is 11.3 Å². The van der Waals surface area contributed by atoms with Crippen LogP contribution in [-0.2, 0) is 9.53 Å². The molecule has 2 atom stereocenters. The molecule has 2 heterocycles. The number of ether oxygens (including phenoxy) is 1. The van der Waals surface area contributed by atoms with Crippen LogP contribution < -0.4 is 11.1 Å². The lowest BCUT2D eigenvalue weighted by Gasteiger charge is -2.22. The maximum absolute atomic E-state index is 12.0. The van der Waals surface area contributed by atoms with E-state index >= 15 is 0 Å². The third-order valence-electron chi connectivity index (χ3n) is 2.86. The van der Waals surface area contributed by atoms with Crippen LogP contribution in [-0.4, -0.2) is 29.6 Å². The summed E-state index contributed by atoms with van der Waals surface area (Å²) in [5.41, 5.74) is 5.11. The topological polar surface area (TPSA) is 77.2 Å². The average molecular weight is 255 g/mol. The van der Waals surface area contributed by atoms with E-state index < -0.39 is 5.54 Å². The molecule has 17 heavy (non-hydrogen) atoms. The highest BCUT2D eigenvalue weighted by molar-refractivity contribution is 7.11. The van der Waals surface area contributed by atoms with E-state index in [0.717, 1.165) is 9.88 Å². The summed E-state index contributed by atoms with van der Waals surface area (Å²) in [6, 6.07) is -0.109. The molecule has 0 aliphatic carbocycles. The first-order valence-corrected chi connectivity index (χ1v) is 6.43. The minimum atomic E-state index is -0.874. The van der Waals surface area contributed by atoms with Crippen molar-refractivity contribution in [2.24, 2.45) is 5.73 Å². The summed E-state index contributed by atoms with van der Waals surface area (Å²) in [6.07, 6.45) is 2.38. The zero-order valence-electron chi connectivity index (χ0n) is 10.0. The third kappa shape index (κ3) is 2.65. The second kappa shape index (κ2) is 4.72. The average Bonchev–Trinajstić information content (AvgIpc) is 2.88. The van der Waals surface area contributed by atoms with Crippen molar-refractivity contribution in [2.75, 3.05) is 13.2 Å². The monoisotopic (exact) mass is 255 g/mol. The first kappa shape index (κ1) is 12.5. The van der Waals surface area contributed by atoms with Gasteiger partial charge in [-0.2, -0.15) is 0 Å². The van der Waals surface area contributed by atoms with E-state index in [0.29, 0.717) is 19.6 Å². The molecule has 0 aromatic carbocycles. The van der Waals surface area contributed by atoms with Crippen molar-refractivity contribution < 1.29 is 9.53 Å². The van der Waals surface area contributed by atoms with Crippen LogP contribution in [0.4, 0.5) is 0 Å². The van der Waals surface area contributed by atoms with Crippen LogP contribution in [0.1, 0.15) is 29.3 Å². The van der Waals surface area contributed by atoms with E-state index in [2.05, 4.69) is 10.3 Å². The number of amides is 1. The summed E-state index contributed by atoms with van der Waals surface area (Å²) in [7, 11) is 0. The van der Waals surface area contributed by atoms with Gasteiger partial charge in [0.15, 0.2) is 0 Å². The number of carbonyl (C=O) groups excluding carboxylic acids is 1. The molecule has 1 aromatic rings. The van der Waals surface area contributed by atoms with Crippen molar-refractivity contribution in [1.29, 1.82) is 0 Å². The fourth-order valence-electron chi connectivity index (χ4n) is 1.73. The molecule has 5 nitrogen and oxygen atoms in total. The Labute approximate surface area is 104 Å². The highest BCUT2D eigenvalue weighted by Gasteiger charge is 2.38. The Kier molecular flexibility index (Phi) is 3.46. The van der Waals surface area contributed by atoms with Crippen molar-refractivity contribution in [2.45, 2.75) is 31.8 Å². The van der Waals surface area contributed by atoms with E-state index in [1.807, 2.05) is 13.8 Å². The van der Waals surface area contributed by atoms with Crippen molar-refractivity contribution >= 4 is 17.2 Å². The molecule has 1 amide bonds. The Morgan fingerprint density at radius 3 is 3.06 bits per heavy atom. The van der Waals surface area contributed by atoms with Gasteiger partial charge in [-0.05, 0) is 20.3 Å². The highest BCUT2D eigenvalue weighted by Crippen LogP contribution is 2.21. The van der Waals surface area contributed by atoms with E-state index in [1.54, 1.807) is 17.5 Å². The van der Waals surface area contributed by atoms with Gasteiger partial charge in [0.25, 0.3) is 0 Å². The third-order valence-corrected chi connectivity index (χ3v) is 3.96. The molecule has 6 heteroatoms. The molecule has 0 radical (unpaired) electrons. The Bertz CT molecular complexity index is 413. The van der Waals surface area contributed by atoms with Crippen molar-refractivity contribution in [3.63, 3.8) is 0 Å². The van der Waals surface area contributed by atoms with Crippen LogP contribution in [0.2, 0.25) is 0 Å². The van der Waals surface area contributed by atoms with Crippen LogP contribution in [0.5, 0.6) is 0 Å². The maximum Gasteiger partial charge on any atom is 0.243 e. The van der Waals surface area contributed by atoms with Crippen molar-refractivity contribution in [3.05, 3.63) is 16.1 Å². The molecular formula is C11H17N3O2S. The molecule has 1 saturated heterocycles. The van der Waals surface area contributed by atoms with Crippen LogP contribution >= 0.6 is 11.3 Å². The lowest BCUT2D eigenvalue weighted by atomic mass is 9.99. The summed E-state index contributed by atoms with van der Waals surface area (Å²) >= 11 is 1.58. The first-order valence-electron chi connectivity index (χ1n) is 5.61. The van der Waals surface area contributed by atoms with Crippen LogP contribution in [0.3, 0.4) is 0 Å². The minimum Gasteiger partial charge on any atom is -0.379 e. The molecule has 0 saturated carbocycles. The predicted molar refractivity (Wildman–Crippen MR) is 65.8 cm³/mol. The van der Waals surface area contributed by atoms with Crippen LogP contribution in [0.25, 0.3) is 0 Å². The van der Waals surface area contributed by atoms with Gasteiger partial charge in [0.05, 0.1) is 12.6 Å². The van der Waals surface area contributed by atoms with Crippen LogP contribution in [0, 0.1) is 6.92 Å². The fraction of sp³-hybridized carbons (Fsp3) is 0.636. The fourth-order valence-corrected chi connectivity index (χ4v) is 2.51. The number of nitrogens with two attached hydrogens (primary N) is 1. The maximum atomic E-state index is 12.0. The molecule has 1 aliphatic heterocycles. The summed E-state index contributed by atoms with van der Waals surface area (Å²) in [4.78, 5) is 17.4. The molecule has 2 unspecified atom stereocenters. The van der Waals surface area contributed by atoms with Crippen molar-refractivity contribution in [3.8, 4) is 0 Å². The van der Waals surface area contributed by atoms with Gasteiger partial charge in [-0.3, -0.25) is 4.79 Å². The lowest BCUT2D eigenvalue weighted by Crippen LogP contribution is -2.54. The van der Waals surface area contributed by atoms with Gasteiger partial charge >= 0.3 is 0 Å². The van der Waals surface area contributed by atoms with Crippen molar-refractivity contribution in [1.82, 2.24) is 10.3 Å². The van der Waals surface area contributed by atoms with E-state index in [9.17, 15) is 4.79 Å². The van der Waals surface area contributed by atoms with Gasteiger partial charge in [-0.25, -0.2) is 4.98 Å². The molecule has 94 valence electrons.